The van der Waals surface area contributed by atoms with E-state index >= 15 is 0 Å². The summed E-state index contributed by atoms with van der Waals surface area (Å²) < 4.78 is 43.7. The first kappa shape index (κ1) is 21.9. The number of guanidine groups is 1. The van der Waals surface area contributed by atoms with Gasteiger partial charge in [0.2, 0.25) is 0 Å². The fourth-order valence-corrected chi connectivity index (χ4v) is 3.78. The lowest BCUT2D eigenvalue weighted by atomic mass is 9.99. The van der Waals surface area contributed by atoms with Gasteiger partial charge in [-0.2, -0.15) is 24.9 Å². The molecule has 1 aromatic carbocycles. The zero-order chi connectivity index (χ0) is 19.9. The minimum atomic E-state index is -4.31. The van der Waals surface area contributed by atoms with Crippen LogP contribution >= 0.6 is 11.8 Å². The van der Waals surface area contributed by atoms with Crippen molar-refractivity contribution in [3.05, 3.63) is 35.4 Å². The summed E-state index contributed by atoms with van der Waals surface area (Å²) in [6.07, 6.45) is -0.254. The van der Waals surface area contributed by atoms with Gasteiger partial charge in [-0.1, -0.05) is 12.1 Å². The van der Waals surface area contributed by atoms with E-state index in [9.17, 15) is 13.2 Å². The van der Waals surface area contributed by atoms with Crippen molar-refractivity contribution in [1.29, 1.82) is 0 Å². The standard InChI is InChI=1S/C19H28F3N3OS/c1-4-23-17(24-14-18(27-3)9-11-26-12-10-18)25(2)13-15-5-7-16(8-6-15)19(20,21)22/h5-8H,4,9-14H2,1-3H3,(H,23,24). The highest BCUT2D eigenvalue weighted by Gasteiger charge is 2.32. The third-order valence-electron chi connectivity index (χ3n) is 4.75. The summed E-state index contributed by atoms with van der Waals surface area (Å²) in [4.78, 5) is 6.75. The first-order valence-electron chi connectivity index (χ1n) is 9.08. The van der Waals surface area contributed by atoms with E-state index in [4.69, 9.17) is 9.73 Å². The molecule has 1 heterocycles. The summed E-state index contributed by atoms with van der Waals surface area (Å²) >= 11 is 1.83. The number of alkyl halides is 3. The van der Waals surface area contributed by atoms with Crippen LogP contribution in [0.3, 0.4) is 0 Å². The number of hydrogen-bond acceptors (Lipinski definition) is 3. The third-order valence-corrected chi connectivity index (χ3v) is 6.15. The van der Waals surface area contributed by atoms with Crippen molar-refractivity contribution in [3.8, 4) is 0 Å². The van der Waals surface area contributed by atoms with Crippen LogP contribution in [-0.4, -0.2) is 55.2 Å². The highest BCUT2D eigenvalue weighted by molar-refractivity contribution is 8.00. The summed E-state index contributed by atoms with van der Waals surface area (Å²) in [7, 11) is 1.90. The molecule has 2 rings (SSSR count). The van der Waals surface area contributed by atoms with E-state index in [0.29, 0.717) is 13.1 Å². The minimum Gasteiger partial charge on any atom is -0.381 e. The van der Waals surface area contributed by atoms with Crippen LogP contribution in [0.25, 0.3) is 0 Å². The molecule has 8 heteroatoms. The molecule has 0 unspecified atom stereocenters. The fraction of sp³-hybridized carbons (Fsp3) is 0.632. The minimum absolute atomic E-state index is 0.0914. The summed E-state index contributed by atoms with van der Waals surface area (Å²) in [6.45, 7) is 5.42. The molecule has 4 nitrogen and oxygen atoms in total. The Balaban J connectivity index is 2.06. The Morgan fingerprint density at radius 3 is 2.41 bits per heavy atom. The van der Waals surface area contributed by atoms with Crippen LogP contribution in [0.4, 0.5) is 13.2 Å². The van der Waals surface area contributed by atoms with Gasteiger partial charge in [0.25, 0.3) is 0 Å². The molecule has 0 aliphatic carbocycles. The van der Waals surface area contributed by atoms with E-state index in [-0.39, 0.29) is 4.75 Å². The van der Waals surface area contributed by atoms with Crippen LogP contribution in [0.1, 0.15) is 30.9 Å². The lowest BCUT2D eigenvalue weighted by molar-refractivity contribution is -0.137. The van der Waals surface area contributed by atoms with Crippen LogP contribution in [0.2, 0.25) is 0 Å². The van der Waals surface area contributed by atoms with E-state index < -0.39 is 11.7 Å². The topological polar surface area (TPSA) is 36.9 Å². The van der Waals surface area contributed by atoms with Gasteiger partial charge in [0, 0.05) is 38.1 Å². The Morgan fingerprint density at radius 2 is 1.89 bits per heavy atom. The molecule has 0 saturated carbocycles. The monoisotopic (exact) mass is 403 g/mol. The summed E-state index contributed by atoms with van der Waals surface area (Å²) in [6, 6.07) is 5.28. The van der Waals surface area contributed by atoms with E-state index in [2.05, 4.69) is 11.6 Å². The van der Waals surface area contributed by atoms with E-state index in [1.807, 2.05) is 30.6 Å². The lowest BCUT2D eigenvalue weighted by Gasteiger charge is -2.34. The number of ether oxygens (including phenoxy) is 1. The molecule has 0 bridgehead atoms. The zero-order valence-electron chi connectivity index (χ0n) is 16.1. The quantitative estimate of drug-likeness (QED) is 0.575. The fourth-order valence-electron chi connectivity index (χ4n) is 3.01. The molecular weight excluding hydrogens is 375 g/mol. The number of hydrogen-bond donors (Lipinski definition) is 1. The number of rotatable bonds is 6. The second kappa shape index (κ2) is 9.68. The number of halogens is 3. The van der Waals surface area contributed by atoms with Crippen molar-refractivity contribution in [3.63, 3.8) is 0 Å². The van der Waals surface area contributed by atoms with E-state index in [1.54, 1.807) is 0 Å². The number of benzene rings is 1. The molecule has 1 aromatic rings. The van der Waals surface area contributed by atoms with Gasteiger partial charge in [0.15, 0.2) is 5.96 Å². The van der Waals surface area contributed by atoms with Gasteiger partial charge in [0.1, 0.15) is 0 Å². The van der Waals surface area contributed by atoms with Crippen molar-refractivity contribution in [2.24, 2.45) is 4.99 Å². The predicted molar refractivity (Wildman–Crippen MR) is 105 cm³/mol. The van der Waals surface area contributed by atoms with Crippen molar-refractivity contribution >= 4 is 17.7 Å². The lowest BCUT2D eigenvalue weighted by Crippen LogP contribution is -2.41. The second-order valence-electron chi connectivity index (χ2n) is 6.72. The SMILES string of the molecule is CCNC(=NCC1(SC)CCOCC1)N(C)Cc1ccc(C(F)(F)F)cc1. The smallest absolute Gasteiger partial charge is 0.381 e. The Morgan fingerprint density at radius 1 is 1.26 bits per heavy atom. The Bertz CT molecular complexity index is 614. The van der Waals surface area contributed by atoms with Gasteiger partial charge >= 0.3 is 6.18 Å². The average Bonchev–Trinajstić information content (AvgIpc) is 2.65. The van der Waals surface area contributed by atoms with Crippen LogP contribution in [0, 0.1) is 0 Å². The molecule has 1 N–H and O–H groups in total. The van der Waals surface area contributed by atoms with Gasteiger partial charge in [-0.25, -0.2) is 0 Å². The molecule has 1 fully saturated rings. The summed E-state index contributed by atoms with van der Waals surface area (Å²) in [5, 5.41) is 3.27. The Kier molecular flexibility index (Phi) is 7.85. The number of nitrogens with one attached hydrogen (secondary N) is 1. The molecule has 0 spiro atoms. The average molecular weight is 404 g/mol. The number of aliphatic imine (C=N–C) groups is 1. The van der Waals surface area contributed by atoms with Gasteiger partial charge in [-0.15, -0.1) is 0 Å². The van der Waals surface area contributed by atoms with Gasteiger partial charge in [-0.3, -0.25) is 4.99 Å². The first-order chi connectivity index (χ1) is 12.8. The first-order valence-corrected chi connectivity index (χ1v) is 10.3. The predicted octanol–water partition coefficient (Wildman–Crippen LogP) is 4.01. The van der Waals surface area contributed by atoms with Crippen LogP contribution in [0.15, 0.2) is 29.3 Å². The normalized spacial score (nSPS) is 17.6. The molecule has 152 valence electrons. The third kappa shape index (κ3) is 6.31. The summed E-state index contributed by atoms with van der Waals surface area (Å²) in [5.74, 6) is 0.761. The van der Waals surface area contributed by atoms with Gasteiger partial charge in [0.05, 0.1) is 12.1 Å². The van der Waals surface area contributed by atoms with Crippen molar-refractivity contribution in [2.75, 3.05) is 39.6 Å². The zero-order valence-corrected chi connectivity index (χ0v) is 16.9. The largest absolute Gasteiger partial charge is 0.416 e. The molecule has 0 aromatic heterocycles. The molecule has 0 radical (unpaired) electrons. The second-order valence-corrected chi connectivity index (χ2v) is 7.99. The van der Waals surface area contributed by atoms with Crippen molar-refractivity contribution in [2.45, 2.75) is 37.2 Å². The Hall–Kier alpha value is -1.41. The molecule has 0 amide bonds. The molecular formula is C19H28F3N3OS. The molecule has 1 saturated heterocycles. The van der Waals surface area contributed by atoms with Gasteiger partial charge < -0.3 is 15.0 Å². The molecule has 0 atom stereocenters. The molecule has 1 aliphatic rings. The maximum absolute atomic E-state index is 12.7. The van der Waals surface area contributed by atoms with Crippen molar-refractivity contribution in [1.82, 2.24) is 10.2 Å². The summed E-state index contributed by atoms with van der Waals surface area (Å²) in [5.41, 5.74) is 0.178. The van der Waals surface area contributed by atoms with E-state index in [0.717, 1.165) is 56.3 Å². The number of nitrogens with zero attached hydrogens (tertiary/aromatic N) is 2. The Labute approximate surface area is 163 Å². The van der Waals surface area contributed by atoms with Crippen LogP contribution in [0.5, 0.6) is 0 Å². The molecule has 1 aliphatic heterocycles. The highest BCUT2D eigenvalue weighted by Crippen LogP contribution is 2.34. The van der Waals surface area contributed by atoms with E-state index in [1.165, 1.54) is 12.1 Å². The van der Waals surface area contributed by atoms with Gasteiger partial charge in [-0.05, 0) is 43.7 Å². The maximum atomic E-state index is 12.7. The number of thioether (sulfide) groups is 1. The highest BCUT2D eigenvalue weighted by atomic mass is 32.2. The van der Waals surface area contributed by atoms with Crippen molar-refractivity contribution < 1.29 is 17.9 Å². The molecule has 27 heavy (non-hydrogen) atoms. The maximum Gasteiger partial charge on any atom is 0.416 e. The van der Waals surface area contributed by atoms with Crippen LogP contribution in [-0.2, 0) is 17.5 Å². The van der Waals surface area contributed by atoms with Crippen LogP contribution < -0.4 is 5.32 Å².